The van der Waals surface area contributed by atoms with Crippen molar-refractivity contribution in [1.29, 1.82) is 0 Å². The first-order valence-corrected chi connectivity index (χ1v) is 7.75. The third kappa shape index (κ3) is 3.76. The highest BCUT2D eigenvalue weighted by Gasteiger charge is 2.27. The van der Waals surface area contributed by atoms with Crippen molar-refractivity contribution in [2.24, 2.45) is 0 Å². The first-order chi connectivity index (χ1) is 8.22. The van der Waals surface area contributed by atoms with E-state index in [1.165, 1.54) is 7.11 Å². The summed E-state index contributed by atoms with van der Waals surface area (Å²) in [6.45, 7) is 5.42. The van der Waals surface area contributed by atoms with E-state index in [1.54, 1.807) is 26.8 Å². The minimum absolute atomic E-state index is 0.145. The monoisotopic (exact) mass is 293 g/mol. The molecule has 2 N–H and O–H groups in total. The first-order valence-electron chi connectivity index (χ1n) is 5.45. The summed E-state index contributed by atoms with van der Waals surface area (Å²) in [7, 11) is -2.05. The average molecular weight is 293 g/mol. The average Bonchev–Trinajstić information content (AvgIpc) is 2.58. The van der Waals surface area contributed by atoms with Crippen LogP contribution in [-0.4, -0.2) is 32.8 Å². The number of thiophene rings is 1. The summed E-state index contributed by atoms with van der Waals surface area (Å²) in [6, 6.07) is 1.57. The first kappa shape index (κ1) is 15.6. The van der Waals surface area contributed by atoms with Gasteiger partial charge in [0.25, 0.3) is 10.0 Å². The molecular formula is C11H19NO4S2. The molecule has 0 aliphatic carbocycles. The van der Waals surface area contributed by atoms with Gasteiger partial charge in [0.2, 0.25) is 0 Å². The van der Waals surface area contributed by atoms with Gasteiger partial charge in [0.05, 0.1) is 18.8 Å². The Kier molecular flexibility index (Phi) is 4.90. The second kappa shape index (κ2) is 5.66. The van der Waals surface area contributed by atoms with Crippen LogP contribution < -0.4 is 4.72 Å². The molecule has 7 heteroatoms. The number of aliphatic hydroxyl groups is 1. The molecule has 0 aliphatic rings. The van der Waals surface area contributed by atoms with E-state index in [0.29, 0.717) is 4.88 Å². The van der Waals surface area contributed by atoms with Crippen molar-refractivity contribution in [3.8, 4) is 0 Å². The van der Waals surface area contributed by atoms with Crippen LogP contribution in [0.25, 0.3) is 0 Å². The van der Waals surface area contributed by atoms with E-state index in [1.807, 2.05) is 0 Å². The van der Waals surface area contributed by atoms with E-state index in [4.69, 9.17) is 9.84 Å². The fourth-order valence-electron chi connectivity index (χ4n) is 1.58. The van der Waals surface area contributed by atoms with Crippen LogP contribution in [0.5, 0.6) is 0 Å². The largest absolute Gasteiger partial charge is 0.391 e. The summed E-state index contributed by atoms with van der Waals surface area (Å²) in [5.41, 5.74) is 0.109. The minimum Gasteiger partial charge on any atom is -0.391 e. The maximum absolute atomic E-state index is 12.2. The van der Waals surface area contributed by atoms with Crippen molar-refractivity contribution < 1.29 is 18.3 Å². The van der Waals surface area contributed by atoms with E-state index in [0.717, 1.165) is 16.9 Å². The summed E-state index contributed by atoms with van der Waals surface area (Å²) >= 11 is 1.08. The van der Waals surface area contributed by atoms with E-state index in [-0.39, 0.29) is 17.4 Å². The Morgan fingerprint density at radius 3 is 2.56 bits per heavy atom. The molecule has 0 aliphatic heterocycles. The maximum Gasteiger partial charge on any atom is 0.250 e. The summed E-state index contributed by atoms with van der Waals surface area (Å²) in [4.78, 5) is 0.667. The van der Waals surface area contributed by atoms with Crippen molar-refractivity contribution in [2.45, 2.75) is 37.1 Å². The Bertz CT molecular complexity index is 505. The quantitative estimate of drug-likeness (QED) is 0.828. The normalized spacial score (nSPS) is 12.9. The zero-order chi connectivity index (χ0) is 14.0. The Hall–Kier alpha value is -0.470. The minimum atomic E-state index is -3.57. The zero-order valence-electron chi connectivity index (χ0n) is 11.0. The summed E-state index contributed by atoms with van der Waals surface area (Å²) in [6.07, 6.45) is 0. The number of ether oxygens (including phenoxy) is 1. The van der Waals surface area contributed by atoms with Crippen LogP contribution in [0.2, 0.25) is 0 Å². The Labute approximate surface area is 112 Å². The molecule has 1 heterocycles. The van der Waals surface area contributed by atoms with Crippen LogP contribution in [0, 0.1) is 6.92 Å². The van der Waals surface area contributed by atoms with Crippen LogP contribution in [0.1, 0.15) is 24.3 Å². The van der Waals surface area contributed by atoms with Crippen molar-refractivity contribution >= 4 is 21.4 Å². The Morgan fingerprint density at radius 2 is 2.11 bits per heavy atom. The van der Waals surface area contributed by atoms with Gasteiger partial charge in [0.1, 0.15) is 4.21 Å². The summed E-state index contributed by atoms with van der Waals surface area (Å²) < 4.78 is 32.1. The van der Waals surface area contributed by atoms with E-state index < -0.39 is 15.6 Å². The molecule has 0 unspecified atom stereocenters. The molecule has 1 rings (SSSR count). The van der Waals surface area contributed by atoms with Crippen LogP contribution >= 0.6 is 11.3 Å². The number of rotatable bonds is 6. The highest BCUT2D eigenvalue weighted by Crippen LogP contribution is 2.26. The van der Waals surface area contributed by atoms with Gasteiger partial charge in [-0.2, -0.15) is 0 Å². The lowest BCUT2D eigenvalue weighted by molar-refractivity contribution is 0.141. The van der Waals surface area contributed by atoms with E-state index in [9.17, 15) is 8.42 Å². The number of nitrogens with one attached hydrogen (secondary N) is 1. The van der Waals surface area contributed by atoms with E-state index in [2.05, 4.69) is 4.72 Å². The summed E-state index contributed by atoms with van der Waals surface area (Å²) in [5, 5.41) is 9.09. The molecule has 5 nitrogen and oxygen atoms in total. The number of methoxy groups -OCH3 is 1. The van der Waals surface area contributed by atoms with Gasteiger partial charge >= 0.3 is 0 Å². The van der Waals surface area contributed by atoms with Crippen molar-refractivity contribution in [1.82, 2.24) is 4.72 Å². The van der Waals surface area contributed by atoms with Gasteiger partial charge in [-0.25, -0.2) is 13.1 Å². The van der Waals surface area contributed by atoms with Crippen LogP contribution in [0.15, 0.2) is 10.3 Å². The molecular weight excluding hydrogens is 274 g/mol. The van der Waals surface area contributed by atoms with Gasteiger partial charge in [-0.15, -0.1) is 11.3 Å². The lowest BCUT2D eigenvalue weighted by Gasteiger charge is -2.24. The standard InChI is InChI=1S/C11H19NO4S2/c1-8-5-10(17-9(8)6-13)18(14,15)12-11(2,3)7-16-4/h5,12-13H,6-7H2,1-4H3. The van der Waals surface area contributed by atoms with Crippen molar-refractivity contribution in [3.05, 3.63) is 16.5 Å². The lowest BCUT2D eigenvalue weighted by atomic mass is 10.1. The molecule has 104 valence electrons. The Balaban J connectivity index is 2.99. The highest BCUT2D eigenvalue weighted by atomic mass is 32.2. The van der Waals surface area contributed by atoms with Gasteiger partial charge in [0.15, 0.2) is 0 Å². The van der Waals surface area contributed by atoms with Crippen LogP contribution in [-0.2, 0) is 21.4 Å². The fraction of sp³-hybridized carbons (Fsp3) is 0.636. The van der Waals surface area contributed by atoms with Gasteiger partial charge in [-0.1, -0.05) is 0 Å². The van der Waals surface area contributed by atoms with Gasteiger partial charge in [0, 0.05) is 12.0 Å². The topological polar surface area (TPSA) is 75.6 Å². The number of aliphatic hydroxyl groups excluding tert-OH is 1. The molecule has 0 saturated carbocycles. The fourth-order valence-corrected chi connectivity index (χ4v) is 4.43. The van der Waals surface area contributed by atoms with Gasteiger partial charge in [-0.05, 0) is 32.4 Å². The number of sulfonamides is 1. The van der Waals surface area contributed by atoms with E-state index >= 15 is 0 Å². The maximum atomic E-state index is 12.2. The molecule has 0 fully saturated rings. The lowest BCUT2D eigenvalue weighted by Crippen LogP contribution is -2.46. The van der Waals surface area contributed by atoms with Crippen LogP contribution in [0.3, 0.4) is 0 Å². The predicted octanol–water partition coefficient (Wildman–Crippen LogP) is 1.25. The zero-order valence-corrected chi connectivity index (χ0v) is 12.6. The molecule has 0 atom stereocenters. The highest BCUT2D eigenvalue weighted by molar-refractivity contribution is 7.91. The molecule has 0 bridgehead atoms. The predicted molar refractivity (Wildman–Crippen MR) is 71.3 cm³/mol. The van der Waals surface area contributed by atoms with Crippen molar-refractivity contribution in [3.63, 3.8) is 0 Å². The third-order valence-electron chi connectivity index (χ3n) is 2.32. The number of aryl methyl sites for hydroxylation is 1. The molecule has 1 aromatic heterocycles. The Morgan fingerprint density at radius 1 is 1.50 bits per heavy atom. The van der Waals surface area contributed by atoms with Gasteiger partial charge in [-0.3, -0.25) is 0 Å². The smallest absolute Gasteiger partial charge is 0.250 e. The molecule has 18 heavy (non-hydrogen) atoms. The molecule has 0 spiro atoms. The van der Waals surface area contributed by atoms with Crippen molar-refractivity contribution in [2.75, 3.05) is 13.7 Å². The number of hydrogen-bond acceptors (Lipinski definition) is 5. The third-order valence-corrected chi connectivity index (χ3v) is 5.72. The molecule has 0 saturated heterocycles. The van der Waals surface area contributed by atoms with Crippen LogP contribution in [0.4, 0.5) is 0 Å². The number of hydrogen-bond donors (Lipinski definition) is 2. The molecule has 1 aromatic rings. The SMILES string of the molecule is COCC(C)(C)NS(=O)(=O)c1cc(C)c(CO)s1. The van der Waals surface area contributed by atoms with Gasteiger partial charge < -0.3 is 9.84 Å². The molecule has 0 aromatic carbocycles. The molecule has 0 amide bonds. The second-order valence-electron chi connectivity index (χ2n) is 4.75. The molecule has 0 radical (unpaired) electrons. The summed E-state index contributed by atoms with van der Waals surface area (Å²) in [5.74, 6) is 0. The second-order valence-corrected chi connectivity index (χ2v) is 7.80.